The number of amides is 1. The Balaban J connectivity index is 1.56. The second-order valence-electron chi connectivity index (χ2n) is 6.41. The Bertz CT molecular complexity index is 965. The monoisotopic (exact) mass is 455 g/mol. The molecule has 0 aliphatic rings. The molecule has 3 aromatic rings. The van der Waals surface area contributed by atoms with E-state index in [0.29, 0.717) is 5.75 Å². The summed E-state index contributed by atoms with van der Waals surface area (Å²) in [5, 5.41) is 4.13. The summed E-state index contributed by atoms with van der Waals surface area (Å²) in [7, 11) is 0. The van der Waals surface area contributed by atoms with Crippen LogP contribution in [-0.4, -0.2) is 22.4 Å². The summed E-state index contributed by atoms with van der Waals surface area (Å²) in [6.45, 7) is 4.11. The number of aromatic nitrogens is 1. The van der Waals surface area contributed by atoms with E-state index in [1.165, 1.54) is 5.56 Å². The SMILES string of the molecule is Cc1cc(/C=N\NC(=O)CSCc2ccccc2)c(C)n1-c1ccc(Br)cc1. The number of hydrogen-bond acceptors (Lipinski definition) is 3. The van der Waals surface area contributed by atoms with Crippen molar-refractivity contribution in [2.45, 2.75) is 19.6 Å². The molecule has 0 aliphatic heterocycles. The third-order valence-corrected chi connectivity index (χ3v) is 5.83. The largest absolute Gasteiger partial charge is 0.318 e. The lowest BCUT2D eigenvalue weighted by molar-refractivity contribution is -0.118. The summed E-state index contributed by atoms with van der Waals surface area (Å²) in [5.74, 6) is 1.09. The molecule has 0 saturated heterocycles. The van der Waals surface area contributed by atoms with E-state index in [1.807, 2.05) is 37.3 Å². The quantitative estimate of drug-likeness (QED) is 0.391. The minimum absolute atomic E-state index is 0.0982. The molecule has 0 fully saturated rings. The maximum Gasteiger partial charge on any atom is 0.250 e. The van der Waals surface area contributed by atoms with Gasteiger partial charge in [0.15, 0.2) is 0 Å². The fraction of sp³-hybridized carbons (Fsp3) is 0.182. The summed E-state index contributed by atoms with van der Waals surface area (Å²) in [4.78, 5) is 12.0. The Kier molecular flexibility index (Phi) is 7.12. The van der Waals surface area contributed by atoms with Gasteiger partial charge in [0.2, 0.25) is 5.91 Å². The lowest BCUT2D eigenvalue weighted by Gasteiger charge is -2.09. The van der Waals surface area contributed by atoms with E-state index in [4.69, 9.17) is 0 Å². The zero-order valence-corrected chi connectivity index (χ0v) is 18.3. The summed E-state index contributed by atoms with van der Waals surface area (Å²) >= 11 is 5.04. The van der Waals surface area contributed by atoms with Gasteiger partial charge in [-0.1, -0.05) is 46.3 Å². The van der Waals surface area contributed by atoms with Crippen LogP contribution in [0.4, 0.5) is 0 Å². The van der Waals surface area contributed by atoms with Crippen molar-refractivity contribution in [2.75, 3.05) is 5.75 Å². The van der Waals surface area contributed by atoms with Crippen molar-refractivity contribution in [3.8, 4) is 5.69 Å². The molecule has 0 saturated carbocycles. The van der Waals surface area contributed by atoms with Gasteiger partial charge < -0.3 is 4.57 Å². The molecule has 144 valence electrons. The van der Waals surface area contributed by atoms with E-state index in [1.54, 1.807) is 18.0 Å². The minimum atomic E-state index is -0.0982. The third kappa shape index (κ3) is 5.36. The topological polar surface area (TPSA) is 46.4 Å². The molecule has 4 nitrogen and oxygen atoms in total. The highest BCUT2D eigenvalue weighted by molar-refractivity contribution is 9.10. The van der Waals surface area contributed by atoms with Crippen LogP contribution in [0.3, 0.4) is 0 Å². The third-order valence-electron chi connectivity index (χ3n) is 4.29. The van der Waals surface area contributed by atoms with Crippen LogP contribution in [0.25, 0.3) is 5.69 Å². The van der Waals surface area contributed by atoms with Gasteiger partial charge in [-0.25, -0.2) is 5.43 Å². The van der Waals surface area contributed by atoms with Gasteiger partial charge in [0.25, 0.3) is 0 Å². The fourth-order valence-corrected chi connectivity index (χ4v) is 3.99. The molecule has 0 spiro atoms. The van der Waals surface area contributed by atoms with E-state index in [9.17, 15) is 4.79 Å². The van der Waals surface area contributed by atoms with Gasteiger partial charge in [0.05, 0.1) is 12.0 Å². The molecule has 6 heteroatoms. The zero-order chi connectivity index (χ0) is 19.9. The van der Waals surface area contributed by atoms with Crippen molar-refractivity contribution < 1.29 is 4.79 Å². The molecule has 2 aromatic carbocycles. The number of hydrogen-bond donors (Lipinski definition) is 1. The number of aryl methyl sites for hydroxylation is 1. The lowest BCUT2D eigenvalue weighted by Crippen LogP contribution is -2.19. The number of benzene rings is 2. The second kappa shape index (κ2) is 9.75. The average molecular weight is 456 g/mol. The average Bonchev–Trinajstić information content (AvgIpc) is 2.97. The van der Waals surface area contributed by atoms with Crippen molar-refractivity contribution in [3.63, 3.8) is 0 Å². The second-order valence-corrected chi connectivity index (χ2v) is 8.31. The van der Waals surface area contributed by atoms with Crippen LogP contribution in [0.2, 0.25) is 0 Å². The smallest absolute Gasteiger partial charge is 0.250 e. The predicted molar refractivity (Wildman–Crippen MR) is 121 cm³/mol. The van der Waals surface area contributed by atoms with Crippen LogP contribution in [0.1, 0.15) is 22.5 Å². The maximum atomic E-state index is 12.0. The first-order chi connectivity index (χ1) is 13.5. The van der Waals surface area contributed by atoms with Crippen LogP contribution in [0.15, 0.2) is 70.2 Å². The van der Waals surface area contributed by atoms with Crippen LogP contribution >= 0.6 is 27.7 Å². The number of hydrazone groups is 1. The first-order valence-electron chi connectivity index (χ1n) is 8.93. The summed E-state index contributed by atoms with van der Waals surface area (Å²) < 4.78 is 3.22. The summed E-state index contributed by atoms with van der Waals surface area (Å²) in [6, 6.07) is 20.4. The Morgan fingerprint density at radius 2 is 1.86 bits per heavy atom. The van der Waals surface area contributed by atoms with Gasteiger partial charge >= 0.3 is 0 Å². The Labute approximate surface area is 178 Å². The van der Waals surface area contributed by atoms with Crippen LogP contribution in [0, 0.1) is 13.8 Å². The summed E-state index contributed by atoms with van der Waals surface area (Å²) in [5.41, 5.74) is 8.10. The van der Waals surface area contributed by atoms with E-state index < -0.39 is 0 Å². The molecule has 0 radical (unpaired) electrons. The lowest BCUT2D eigenvalue weighted by atomic mass is 10.2. The molecule has 0 aliphatic carbocycles. The van der Waals surface area contributed by atoms with Crippen molar-refractivity contribution in [2.24, 2.45) is 5.10 Å². The number of nitrogens with zero attached hydrogens (tertiary/aromatic N) is 2. The van der Waals surface area contributed by atoms with Crippen molar-refractivity contribution >= 4 is 39.8 Å². The molecule has 1 heterocycles. The first-order valence-corrected chi connectivity index (χ1v) is 10.9. The van der Waals surface area contributed by atoms with Gasteiger partial charge in [-0.2, -0.15) is 5.10 Å². The number of carbonyl (C=O) groups excluding carboxylic acids is 1. The van der Waals surface area contributed by atoms with Crippen molar-refractivity contribution in [1.82, 2.24) is 9.99 Å². The van der Waals surface area contributed by atoms with Crippen LogP contribution in [0.5, 0.6) is 0 Å². The van der Waals surface area contributed by atoms with Gasteiger partial charge in [0.1, 0.15) is 0 Å². The maximum absolute atomic E-state index is 12.0. The molecule has 0 bridgehead atoms. The highest BCUT2D eigenvalue weighted by atomic mass is 79.9. The number of rotatable bonds is 7. The first kappa shape index (κ1) is 20.4. The van der Waals surface area contributed by atoms with Gasteiger partial charge in [-0.3, -0.25) is 4.79 Å². The molecular formula is C22H22BrN3OS. The highest BCUT2D eigenvalue weighted by Gasteiger charge is 2.09. The Hall–Kier alpha value is -2.31. The zero-order valence-electron chi connectivity index (χ0n) is 15.9. The molecule has 0 atom stereocenters. The normalized spacial score (nSPS) is 11.1. The van der Waals surface area contributed by atoms with Gasteiger partial charge in [-0.05, 0) is 49.7 Å². The van der Waals surface area contributed by atoms with Crippen LogP contribution in [-0.2, 0) is 10.5 Å². The number of thioether (sulfide) groups is 1. The van der Waals surface area contributed by atoms with Crippen molar-refractivity contribution in [1.29, 1.82) is 0 Å². The Morgan fingerprint density at radius 1 is 1.14 bits per heavy atom. The molecule has 1 amide bonds. The van der Waals surface area contributed by atoms with E-state index in [-0.39, 0.29) is 5.91 Å². The molecule has 1 N–H and O–H groups in total. The van der Waals surface area contributed by atoms with Crippen LogP contribution < -0.4 is 5.43 Å². The standard InChI is InChI=1S/C22H22BrN3OS/c1-16-12-19(17(2)26(16)21-10-8-20(23)9-11-21)13-24-25-22(27)15-28-14-18-6-4-3-5-7-18/h3-13H,14-15H2,1-2H3,(H,25,27)/b24-13-. The van der Waals surface area contributed by atoms with E-state index in [2.05, 4.69) is 68.3 Å². The van der Waals surface area contributed by atoms with Gasteiger partial charge in [-0.15, -0.1) is 11.8 Å². The molecular weight excluding hydrogens is 434 g/mol. The molecule has 3 rings (SSSR count). The molecule has 1 aromatic heterocycles. The number of nitrogens with one attached hydrogen (secondary N) is 1. The highest BCUT2D eigenvalue weighted by Crippen LogP contribution is 2.21. The Morgan fingerprint density at radius 3 is 2.57 bits per heavy atom. The van der Waals surface area contributed by atoms with Gasteiger partial charge in [0, 0.05) is 32.9 Å². The molecule has 0 unspecified atom stereocenters. The predicted octanol–water partition coefficient (Wildman–Crippen LogP) is 5.24. The van der Waals surface area contributed by atoms with E-state index >= 15 is 0 Å². The number of halogens is 1. The van der Waals surface area contributed by atoms with E-state index in [0.717, 1.165) is 32.9 Å². The summed E-state index contributed by atoms with van der Waals surface area (Å²) in [6.07, 6.45) is 1.71. The van der Waals surface area contributed by atoms with Crippen molar-refractivity contribution in [3.05, 3.63) is 87.7 Å². The fourth-order valence-electron chi connectivity index (χ4n) is 2.95. The number of carbonyl (C=O) groups is 1. The molecule has 28 heavy (non-hydrogen) atoms. The minimum Gasteiger partial charge on any atom is -0.318 e.